The van der Waals surface area contributed by atoms with Crippen LogP contribution in [0.4, 0.5) is 0 Å². The monoisotopic (exact) mass is 250 g/mol. The Balaban J connectivity index is 3.20. The van der Waals surface area contributed by atoms with Gasteiger partial charge in [0.2, 0.25) is 0 Å². The quantitative estimate of drug-likeness (QED) is 0.638. The molecule has 0 heterocycles. The van der Waals surface area contributed by atoms with Crippen LogP contribution < -0.4 is 4.74 Å². The van der Waals surface area contributed by atoms with Crippen molar-refractivity contribution in [2.75, 3.05) is 7.11 Å². The molecule has 96 valence electrons. The fourth-order valence-electron chi connectivity index (χ4n) is 1.48. The van der Waals surface area contributed by atoms with Gasteiger partial charge in [0.15, 0.2) is 6.10 Å². The van der Waals surface area contributed by atoms with Crippen molar-refractivity contribution < 1.29 is 24.2 Å². The molecular formula is C13H14O5. The van der Waals surface area contributed by atoms with Gasteiger partial charge in [0.05, 0.1) is 12.7 Å². The van der Waals surface area contributed by atoms with Crippen LogP contribution in [0, 0.1) is 0 Å². The van der Waals surface area contributed by atoms with Gasteiger partial charge in [-0.15, -0.1) is 0 Å². The molecule has 1 atom stereocenters. The highest BCUT2D eigenvalue weighted by molar-refractivity contribution is 5.88. The Morgan fingerprint density at radius 2 is 1.94 bits per heavy atom. The number of esters is 1. The number of ether oxygens (including phenoxy) is 2. The van der Waals surface area contributed by atoms with Gasteiger partial charge in [-0.05, 0) is 6.07 Å². The molecule has 0 aliphatic rings. The molecule has 5 nitrogen and oxygen atoms in total. The van der Waals surface area contributed by atoms with Gasteiger partial charge in [0.25, 0.3) is 0 Å². The lowest BCUT2D eigenvalue weighted by molar-refractivity contribution is -0.146. The third kappa shape index (κ3) is 3.10. The summed E-state index contributed by atoms with van der Waals surface area (Å²) >= 11 is 0. The standard InChI is InChI=1S/C13H14O5/c1-8(13(15)16)12(18-9(2)14)10-6-4-5-7-11(10)17-3/h4-7,12H,1H2,2-3H3,(H,15,16). The summed E-state index contributed by atoms with van der Waals surface area (Å²) in [7, 11) is 1.45. The molecule has 0 bridgehead atoms. The fraction of sp³-hybridized carbons (Fsp3) is 0.231. The van der Waals surface area contributed by atoms with Crippen LogP contribution in [-0.4, -0.2) is 24.2 Å². The number of aliphatic carboxylic acids is 1. The number of hydrogen-bond acceptors (Lipinski definition) is 4. The van der Waals surface area contributed by atoms with Crippen molar-refractivity contribution in [2.45, 2.75) is 13.0 Å². The predicted octanol–water partition coefficient (Wildman–Crippen LogP) is 1.94. The summed E-state index contributed by atoms with van der Waals surface area (Å²) in [4.78, 5) is 22.0. The number of hydrogen-bond donors (Lipinski definition) is 1. The Morgan fingerprint density at radius 3 is 2.44 bits per heavy atom. The Hall–Kier alpha value is -2.30. The smallest absolute Gasteiger partial charge is 0.335 e. The molecule has 0 amide bonds. The first-order valence-electron chi connectivity index (χ1n) is 5.19. The molecule has 1 aromatic rings. The summed E-state index contributed by atoms with van der Waals surface area (Å²) in [5, 5.41) is 8.96. The van der Waals surface area contributed by atoms with Crippen molar-refractivity contribution >= 4 is 11.9 Å². The van der Waals surface area contributed by atoms with E-state index in [-0.39, 0.29) is 5.57 Å². The highest BCUT2D eigenvalue weighted by Crippen LogP contribution is 2.32. The molecule has 0 aliphatic carbocycles. The minimum absolute atomic E-state index is 0.227. The van der Waals surface area contributed by atoms with Gasteiger partial charge in [-0.3, -0.25) is 4.79 Å². The summed E-state index contributed by atoms with van der Waals surface area (Å²) in [6.07, 6.45) is -1.06. The maximum atomic E-state index is 11.1. The van der Waals surface area contributed by atoms with Crippen LogP contribution in [0.25, 0.3) is 0 Å². The first kappa shape index (κ1) is 13.8. The maximum Gasteiger partial charge on any atom is 0.335 e. The average Bonchev–Trinajstić information content (AvgIpc) is 2.34. The van der Waals surface area contributed by atoms with E-state index in [9.17, 15) is 9.59 Å². The third-order valence-corrected chi connectivity index (χ3v) is 2.30. The molecule has 1 aromatic carbocycles. The summed E-state index contributed by atoms with van der Waals surface area (Å²) < 4.78 is 10.1. The number of carbonyl (C=O) groups excluding carboxylic acids is 1. The highest BCUT2D eigenvalue weighted by Gasteiger charge is 2.26. The molecule has 1 rings (SSSR count). The van der Waals surface area contributed by atoms with Crippen molar-refractivity contribution in [3.63, 3.8) is 0 Å². The number of carboxylic acid groups (broad SMARTS) is 1. The molecule has 0 aliphatic heterocycles. The number of carbonyl (C=O) groups is 2. The van der Waals surface area contributed by atoms with Crippen LogP contribution in [0.15, 0.2) is 36.4 Å². The van der Waals surface area contributed by atoms with E-state index in [2.05, 4.69) is 6.58 Å². The molecule has 0 saturated heterocycles. The van der Waals surface area contributed by atoms with Crippen molar-refractivity contribution in [1.29, 1.82) is 0 Å². The fourth-order valence-corrected chi connectivity index (χ4v) is 1.48. The van der Waals surface area contributed by atoms with Crippen LogP contribution in [0.5, 0.6) is 5.75 Å². The number of methoxy groups -OCH3 is 1. The second-order valence-corrected chi connectivity index (χ2v) is 3.56. The predicted molar refractivity (Wildman–Crippen MR) is 64.3 cm³/mol. The first-order valence-corrected chi connectivity index (χ1v) is 5.19. The van der Waals surface area contributed by atoms with Crippen molar-refractivity contribution in [2.24, 2.45) is 0 Å². The topological polar surface area (TPSA) is 72.8 Å². The summed E-state index contributed by atoms with van der Waals surface area (Å²) in [5.41, 5.74) is 0.220. The summed E-state index contributed by atoms with van der Waals surface area (Å²) in [6, 6.07) is 6.71. The van der Waals surface area contributed by atoms with E-state index in [1.54, 1.807) is 24.3 Å². The normalized spacial score (nSPS) is 11.4. The maximum absolute atomic E-state index is 11.1. The minimum atomic E-state index is -1.23. The molecule has 5 heteroatoms. The van der Waals surface area contributed by atoms with Gasteiger partial charge in [0.1, 0.15) is 5.75 Å². The second kappa shape index (κ2) is 5.86. The van der Waals surface area contributed by atoms with Crippen LogP contribution >= 0.6 is 0 Å². The van der Waals surface area contributed by atoms with Crippen LogP contribution in [-0.2, 0) is 14.3 Å². The van der Waals surface area contributed by atoms with E-state index < -0.39 is 18.0 Å². The van der Waals surface area contributed by atoms with Crippen LogP contribution in [0.1, 0.15) is 18.6 Å². The van der Waals surface area contributed by atoms with Gasteiger partial charge in [0, 0.05) is 12.5 Å². The van der Waals surface area contributed by atoms with Gasteiger partial charge >= 0.3 is 11.9 Å². The summed E-state index contributed by atoms with van der Waals surface area (Å²) in [6.45, 7) is 4.63. The molecule has 0 radical (unpaired) electrons. The molecule has 0 fully saturated rings. The van der Waals surface area contributed by atoms with Gasteiger partial charge in [-0.2, -0.15) is 0 Å². The third-order valence-electron chi connectivity index (χ3n) is 2.30. The lowest BCUT2D eigenvalue weighted by Gasteiger charge is -2.19. The number of benzene rings is 1. The zero-order valence-electron chi connectivity index (χ0n) is 10.2. The minimum Gasteiger partial charge on any atom is -0.496 e. The molecule has 18 heavy (non-hydrogen) atoms. The van der Waals surface area contributed by atoms with E-state index in [0.717, 1.165) is 0 Å². The first-order chi connectivity index (χ1) is 8.47. The van der Waals surface area contributed by atoms with E-state index in [1.165, 1.54) is 14.0 Å². The number of para-hydroxylation sites is 1. The Bertz CT molecular complexity index is 478. The highest BCUT2D eigenvalue weighted by atomic mass is 16.5. The SMILES string of the molecule is C=C(C(=O)O)C(OC(C)=O)c1ccccc1OC. The van der Waals surface area contributed by atoms with Gasteiger partial charge in [-0.25, -0.2) is 4.79 Å². The van der Waals surface area contributed by atoms with Crippen LogP contribution in [0.2, 0.25) is 0 Å². The Kier molecular flexibility index (Phi) is 4.48. The van der Waals surface area contributed by atoms with E-state index in [1.807, 2.05) is 0 Å². The van der Waals surface area contributed by atoms with E-state index >= 15 is 0 Å². The second-order valence-electron chi connectivity index (χ2n) is 3.56. The van der Waals surface area contributed by atoms with Gasteiger partial charge in [-0.1, -0.05) is 24.8 Å². The Morgan fingerprint density at radius 1 is 1.33 bits per heavy atom. The molecule has 1 N–H and O–H groups in total. The number of rotatable bonds is 5. The summed E-state index contributed by atoms with van der Waals surface area (Å²) in [5.74, 6) is -1.38. The van der Waals surface area contributed by atoms with Gasteiger partial charge < -0.3 is 14.6 Å². The lowest BCUT2D eigenvalue weighted by atomic mass is 10.0. The molecular weight excluding hydrogens is 236 g/mol. The largest absolute Gasteiger partial charge is 0.496 e. The average molecular weight is 250 g/mol. The van der Waals surface area contributed by atoms with E-state index in [0.29, 0.717) is 11.3 Å². The van der Waals surface area contributed by atoms with Crippen molar-refractivity contribution in [1.82, 2.24) is 0 Å². The zero-order valence-corrected chi connectivity index (χ0v) is 10.2. The lowest BCUT2D eigenvalue weighted by Crippen LogP contribution is -2.16. The van der Waals surface area contributed by atoms with Crippen LogP contribution in [0.3, 0.4) is 0 Å². The van der Waals surface area contributed by atoms with Crippen molar-refractivity contribution in [3.05, 3.63) is 42.0 Å². The molecule has 0 saturated carbocycles. The molecule has 0 aromatic heterocycles. The zero-order chi connectivity index (χ0) is 13.7. The van der Waals surface area contributed by atoms with E-state index in [4.69, 9.17) is 14.6 Å². The number of carboxylic acids is 1. The molecule has 1 unspecified atom stereocenters. The van der Waals surface area contributed by atoms with Crippen molar-refractivity contribution in [3.8, 4) is 5.75 Å². The Labute approximate surface area is 105 Å². The molecule has 0 spiro atoms.